The molecule has 3 N–H and O–H groups in total. The van der Waals surface area contributed by atoms with Crippen LogP contribution in [0.3, 0.4) is 0 Å². The zero-order chi connectivity index (χ0) is 13.5. The number of alkyl halides is 3. The maximum absolute atomic E-state index is 10.6. The van der Waals surface area contributed by atoms with Gasteiger partial charge in [0.1, 0.15) is 0 Å². The summed E-state index contributed by atoms with van der Waals surface area (Å²) in [5.41, 5.74) is 5.19. The molecular formula is C9H13F3N2O3. The van der Waals surface area contributed by atoms with Crippen LogP contribution in [0.25, 0.3) is 0 Å². The number of nitrogens with zero attached hydrogens (tertiary/aromatic N) is 1. The number of ether oxygens (including phenoxy) is 1. The van der Waals surface area contributed by atoms with Gasteiger partial charge in [-0.1, -0.05) is 0 Å². The van der Waals surface area contributed by atoms with Crippen molar-refractivity contribution in [2.45, 2.75) is 19.0 Å². The lowest BCUT2D eigenvalue weighted by Gasteiger charge is -2.28. The Hall–Kier alpha value is -1.33. The molecular weight excluding hydrogens is 241 g/mol. The molecule has 0 radical (unpaired) electrons. The van der Waals surface area contributed by atoms with Gasteiger partial charge in [0.05, 0.1) is 11.5 Å². The predicted molar refractivity (Wildman–Crippen MR) is 50.8 cm³/mol. The summed E-state index contributed by atoms with van der Waals surface area (Å²) in [6.45, 7) is 1.84. The van der Waals surface area contributed by atoms with Crippen molar-refractivity contribution in [2.24, 2.45) is 11.1 Å². The lowest BCUT2D eigenvalue weighted by molar-refractivity contribution is -0.192. The van der Waals surface area contributed by atoms with E-state index in [0.29, 0.717) is 19.8 Å². The number of carboxylic acid groups (broad SMARTS) is 1. The smallest absolute Gasteiger partial charge is 0.475 e. The van der Waals surface area contributed by atoms with Crippen molar-refractivity contribution in [2.75, 3.05) is 19.8 Å². The molecule has 1 heterocycles. The van der Waals surface area contributed by atoms with E-state index in [1.807, 2.05) is 0 Å². The SMILES string of the molecule is N#CC1(CN)CCOCC1.O=C(O)C(F)(F)F. The number of halogens is 3. The van der Waals surface area contributed by atoms with E-state index in [1.165, 1.54) is 0 Å². The Kier molecular flexibility index (Phi) is 5.91. The fourth-order valence-electron chi connectivity index (χ4n) is 1.12. The van der Waals surface area contributed by atoms with E-state index < -0.39 is 12.1 Å². The highest BCUT2D eigenvalue weighted by molar-refractivity contribution is 5.73. The van der Waals surface area contributed by atoms with Gasteiger partial charge in [0, 0.05) is 19.8 Å². The molecule has 0 aromatic carbocycles. The summed E-state index contributed by atoms with van der Waals surface area (Å²) in [7, 11) is 0. The number of carbonyl (C=O) groups is 1. The van der Waals surface area contributed by atoms with E-state index in [-0.39, 0.29) is 5.41 Å². The summed E-state index contributed by atoms with van der Waals surface area (Å²) in [6.07, 6.45) is -3.50. The number of nitrogens with two attached hydrogens (primary N) is 1. The molecule has 1 fully saturated rings. The van der Waals surface area contributed by atoms with Crippen LogP contribution in [-0.4, -0.2) is 37.0 Å². The van der Waals surface area contributed by atoms with E-state index in [9.17, 15) is 13.2 Å². The van der Waals surface area contributed by atoms with Gasteiger partial charge in [-0.15, -0.1) is 0 Å². The van der Waals surface area contributed by atoms with Gasteiger partial charge in [0.2, 0.25) is 0 Å². The number of aliphatic carboxylic acids is 1. The number of rotatable bonds is 1. The highest BCUT2D eigenvalue weighted by atomic mass is 19.4. The first-order chi connectivity index (χ1) is 7.77. The van der Waals surface area contributed by atoms with E-state index in [4.69, 9.17) is 25.6 Å². The minimum atomic E-state index is -5.08. The van der Waals surface area contributed by atoms with E-state index in [2.05, 4.69) is 6.07 Å². The summed E-state index contributed by atoms with van der Waals surface area (Å²) >= 11 is 0. The second-order valence-electron chi connectivity index (χ2n) is 3.51. The first-order valence-corrected chi connectivity index (χ1v) is 4.76. The molecule has 98 valence electrons. The molecule has 0 atom stereocenters. The van der Waals surface area contributed by atoms with Crippen molar-refractivity contribution in [3.8, 4) is 6.07 Å². The minimum absolute atomic E-state index is 0.280. The molecule has 1 saturated heterocycles. The fourth-order valence-corrected chi connectivity index (χ4v) is 1.12. The molecule has 0 bridgehead atoms. The Bertz CT molecular complexity index is 293. The molecule has 1 rings (SSSR count). The number of nitriles is 1. The second-order valence-corrected chi connectivity index (χ2v) is 3.51. The van der Waals surface area contributed by atoms with Crippen LogP contribution in [0.1, 0.15) is 12.8 Å². The molecule has 0 saturated carbocycles. The van der Waals surface area contributed by atoms with Crippen LogP contribution in [0.2, 0.25) is 0 Å². The lowest BCUT2D eigenvalue weighted by Crippen LogP contribution is -2.35. The molecule has 0 aliphatic carbocycles. The standard InChI is InChI=1S/C7H12N2O.C2HF3O2/c8-5-7(6-9)1-3-10-4-2-7;3-2(4,5)1(6)7/h1-5,8H2;(H,6,7). The van der Waals surface area contributed by atoms with E-state index in [1.54, 1.807) is 0 Å². The molecule has 8 heteroatoms. The normalized spacial score (nSPS) is 18.5. The zero-order valence-corrected chi connectivity index (χ0v) is 8.96. The Labute approximate surface area is 96.0 Å². The zero-order valence-electron chi connectivity index (χ0n) is 8.96. The van der Waals surface area contributed by atoms with Crippen molar-refractivity contribution in [1.29, 1.82) is 5.26 Å². The second kappa shape index (κ2) is 6.42. The molecule has 17 heavy (non-hydrogen) atoms. The highest BCUT2D eigenvalue weighted by Crippen LogP contribution is 2.27. The Balaban J connectivity index is 0.000000325. The van der Waals surface area contributed by atoms with Gasteiger partial charge in [0.15, 0.2) is 0 Å². The van der Waals surface area contributed by atoms with Gasteiger partial charge < -0.3 is 15.6 Å². The van der Waals surface area contributed by atoms with Crippen molar-refractivity contribution >= 4 is 5.97 Å². The van der Waals surface area contributed by atoms with Crippen LogP contribution in [-0.2, 0) is 9.53 Å². The van der Waals surface area contributed by atoms with Crippen LogP contribution in [0, 0.1) is 16.7 Å². The molecule has 0 spiro atoms. The van der Waals surface area contributed by atoms with Crippen LogP contribution >= 0.6 is 0 Å². The Morgan fingerprint density at radius 1 is 1.47 bits per heavy atom. The van der Waals surface area contributed by atoms with Crippen molar-refractivity contribution in [1.82, 2.24) is 0 Å². The van der Waals surface area contributed by atoms with E-state index >= 15 is 0 Å². The van der Waals surface area contributed by atoms with E-state index in [0.717, 1.165) is 12.8 Å². The minimum Gasteiger partial charge on any atom is -0.475 e. The molecule has 0 aromatic heterocycles. The molecule has 1 aliphatic rings. The molecule has 1 aliphatic heterocycles. The maximum atomic E-state index is 10.6. The summed E-state index contributed by atoms with van der Waals surface area (Å²) < 4.78 is 36.9. The third kappa shape index (κ3) is 5.51. The number of hydrogen-bond donors (Lipinski definition) is 2. The van der Waals surface area contributed by atoms with Gasteiger partial charge in [-0.25, -0.2) is 4.79 Å². The Morgan fingerprint density at radius 2 is 1.88 bits per heavy atom. The van der Waals surface area contributed by atoms with Crippen LogP contribution in [0.4, 0.5) is 13.2 Å². The van der Waals surface area contributed by atoms with Gasteiger partial charge in [-0.2, -0.15) is 18.4 Å². The lowest BCUT2D eigenvalue weighted by atomic mass is 9.82. The Morgan fingerprint density at radius 3 is 2.06 bits per heavy atom. The average Bonchev–Trinajstić information content (AvgIpc) is 2.29. The number of carboxylic acids is 1. The van der Waals surface area contributed by atoms with Crippen LogP contribution in [0.5, 0.6) is 0 Å². The summed E-state index contributed by atoms with van der Waals surface area (Å²) in [5, 5.41) is 15.9. The predicted octanol–water partition coefficient (Wildman–Crippen LogP) is 0.899. The van der Waals surface area contributed by atoms with Crippen molar-refractivity contribution in [3.63, 3.8) is 0 Å². The van der Waals surface area contributed by atoms with Crippen LogP contribution in [0.15, 0.2) is 0 Å². The summed E-state index contributed by atoms with van der Waals surface area (Å²) in [5.74, 6) is -2.76. The van der Waals surface area contributed by atoms with Crippen molar-refractivity contribution < 1.29 is 27.8 Å². The quantitative estimate of drug-likeness (QED) is 0.724. The fraction of sp³-hybridized carbons (Fsp3) is 0.778. The van der Waals surface area contributed by atoms with Gasteiger partial charge in [-0.3, -0.25) is 0 Å². The third-order valence-corrected chi connectivity index (χ3v) is 2.32. The molecule has 0 unspecified atom stereocenters. The van der Waals surface area contributed by atoms with Crippen LogP contribution < -0.4 is 5.73 Å². The van der Waals surface area contributed by atoms with Crippen molar-refractivity contribution in [3.05, 3.63) is 0 Å². The first kappa shape index (κ1) is 15.7. The van der Waals surface area contributed by atoms with Gasteiger partial charge in [-0.05, 0) is 12.8 Å². The first-order valence-electron chi connectivity index (χ1n) is 4.76. The largest absolute Gasteiger partial charge is 0.490 e. The summed E-state index contributed by atoms with van der Waals surface area (Å²) in [4.78, 5) is 8.90. The molecule has 5 nitrogen and oxygen atoms in total. The van der Waals surface area contributed by atoms with Gasteiger partial charge in [0.25, 0.3) is 0 Å². The topological polar surface area (TPSA) is 96.3 Å². The molecule has 0 amide bonds. The highest BCUT2D eigenvalue weighted by Gasteiger charge is 2.38. The maximum Gasteiger partial charge on any atom is 0.490 e. The monoisotopic (exact) mass is 254 g/mol. The third-order valence-electron chi connectivity index (χ3n) is 2.32. The van der Waals surface area contributed by atoms with Gasteiger partial charge >= 0.3 is 12.1 Å². The summed E-state index contributed by atoms with van der Waals surface area (Å²) in [6, 6.07) is 2.26. The number of hydrogen-bond acceptors (Lipinski definition) is 4. The average molecular weight is 254 g/mol. The molecule has 0 aromatic rings.